The van der Waals surface area contributed by atoms with E-state index in [0.29, 0.717) is 11.7 Å². The molecule has 0 radical (unpaired) electrons. The van der Waals surface area contributed by atoms with E-state index in [2.05, 4.69) is 5.10 Å². The molecule has 1 aliphatic carbocycles. The van der Waals surface area contributed by atoms with Crippen molar-refractivity contribution < 1.29 is 15.0 Å². The molecule has 5 heteroatoms. The Bertz CT molecular complexity index is 369. The van der Waals surface area contributed by atoms with E-state index < -0.39 is 12.1 Å². The summed E-state index contributed by atoms with van der Waals surface area (Å²) in [4.78, 5) is 10.5. The molecule has 1 fully saturated rings. The molecule has 2 N–H and O–H groups in total. The van der Waals surface area contributed by atoms with Crippen LogP contribution in [-0.2, 0) is 11.2 Å². The number of aliphatic hydroxyl groups is 1. The van der Waals surface area contributed by atoms with Gasteiger partial charge in [-0.25, -0.2) is 4.79 Å². The number of aliphatic hydroxyl groups excluding tert-OH is 1. The number of carboxylic acid groups (broad SMARTS) is 1. The van der Waals surface area contributed by atoms with E-state index >= 15 is 0 Å². The molecule has 1 saturated carbocycles. The number of nitrogens with zero attached hydrogens (tertiary/aromatic N) is 2. The molecule has 5 nitrogen and oxygen atoms in total. The van der Waals surface area contributed by atoms with Gasteiger partial charge in [0.25, 0.3) is 0 Å². The Balaban J connectivity index is 1.99. The van der Waals surface area contributed by atoms with Gasteiger partial charge in [-0.3, -0.25) is 4.68 Å². The fourth-order valence-corrected chi connectivity index (χ4v) is 2.14. The van der Waals surface area contributed by atoms with Crippen LogP contribution in [0.25, 0.3) is 0 Å². The molecule has 2 rings (SSSR count). The van der Waals surface area contributed by atoms with Gasteiger partial charge in [0.1, 0.15) is 0 Å². The fourth-order valence-electron chi connectivity index (χ4n) is 2.14. The minimum Gasteiger partial charge on any atom is -0.479 e. The molecule has 0 bridgehead atoms. The number of aromatic nitrogens is 2. The minimum atomic E-state index is -1.35. The monoisotopic (exact) mass is 224 g/mol. The molecule has 1 unspecified atom stereocenters. The molecular formula is C11H16N2O3. The average Bonchev–Trinajstić information content (AvgIpc) is 2.85. The van der Waals surface area contributed by atoms with Gasteiger partial charge in [0.05, 0.1) is 11.7 Å². The summed E-state index contributed by atoms with van der Waals surface area (Å²) >= 11 is 0. The summed E-state index contributed by atoms with van der Waals surface area (Å²) in [6.45, 7) is 0. The summed E-state index contributed by atoms with van der Waals surface area (Å²) in [5, 5.41) is 22.1. The van der Waals surface area contributed by atoms with E-state index in [1.54, 1.807) is 6.07 Å². The maximum absolute atomic E-state index is 10.5. The van der Waals surface area contributed by atoms with Crippen molar-refractivity contribution in [2.75, 3.05) is 0 Å². The van der Waals surface area contributed by atoms with Crippen LogP contribution >= 0.6 is 0 Å². The lowest BCUT2D eigenvalue weighted by Crippen LogP contribution is -2.22. The van der Waals surface area contributed by atoms with E-state index in [9.17, 15) is 9.90 Å². The normalized spacial score (nSPS) is 18.8. The third-order valence-corrected chi connectivity index (χ3v) is 3.05. The predicted molar refractivity (Wildman–Crippen MR) is 57.1 cm³/mol. The van der Waals surface area contributed by atoms with E-state index in [1.807, 2.05) is 10.9 Å². The Morgan fingerprint density at radius 3 is 2.88 bits per heavy atom. The van der Waals surface area contributed by atoms with Crippen LogP contribution in [0.5, 0.6) is 0 Å². The average molecular weight is 224 g/mol. The van der Waals surface area contributed by atoms with Gasteiger partial charge in [0, 0.05) is 12.6 Å². The fraction of sp³-hybridized carbons (Fsp3) is 0.636. The van der Waals surface area contributed by atoms with E-state index in [0.717, 1.165) is 12.8 Å². The SMILES string of the molecule is O=C(O)C(O)Cc1ccn(C2CCCC2)n1. The van der Waals surface area contributed by atoms with Gasteiger partial charge in [-0.1, -0.05) is 12.8 Å². The molecule has 16 heavy (non-hydrogen) atoms. The zero-order chi connectivity index (χ0) is 11.5. The van der Waals surface area contributed by atoms with Crippen LogP contribution in [-0.4, -0.2) is 32.1 Å². The van der Waals surface area contributed by atoms with Crippen LogP contribution in [0.4, 0.5) is 0 Å². The van der Waals surface area contributed by atoms with Gasteiger partial charge < -0.3 is 10.2 Å². The molecule has 0 aromatic carbocycles. The van der Waals surface area contributed by atoms with Crippen molar-refractivity contribution in [3.63, 3.8) is 0 Å². The third-order valence-electron chi connectivity index (χ3n) is 3.05. The van der Waals surface area contributed by atoms with Crippen molar-refractivity contribution in [3.8, 4) is 0 Å². The van der Waals surface area contributed by atoms with E-state index in [4.69, 9.17) is 5.11 Å². The van der Waals surface area contributed by atoms with Gasteiger partial charge in [-0.05, 0) is 18.9 Å². The Morgan fingerprint density at radius 2 is 2.25 bits per heavy atom. The molecule has 1 aromatic heterocycles. The highest BCUT2D eigenvalue weighted by Crippen LogP contribution is 2.28. The Labute approximate surface area is 93.7 Å². The van der Waals surface area contributed by atoms with Crippen LogP contribution < -0.4 is 0 Å². The maximum Gasteiger partial charge on any atom is 0.332 e. The number of hydrogen-bond donors (Lipinski definition) is 2. The minimum absolute atomic E-state index is 0.0784. The number of carbonyl (C=O) groups is 1. The summed E-state index contributed by atoms with van der Waals surface area (Å²) < 4.78 is 1.90. The quantitative estimate of drug-likeness (QED) is 0.799. The van der Waals surface area contributed by atoms with Crippen molar-refractivity contribution in [2.45, 2.75) is 44.2 Å². The first kappa shape index (κ1) is 11.1. The van der Waals surface area contributed by atoms with Crippen LogP contribution in [0.15, 0.2) is 12.3 Å². The highest BCUT2D eigenvalue weighted by atomic mass is 16.4. The third kappa shape index (κ3) is 2.41. The summed E-state index contributed by atoms with van der Waals surface area (Å²) in [6.07, 6.45) is 5.35. The first-order chi connectivity index (χ1) is 7.66. The van der Waals surface area contributed by atoms with Gasteiger partial charge in [-0.2, -0.15) is 5.10 Å². The molecule has 1 heterocycles. The molecule has 0 spiro atoms. The van der Waals surface area contributed by atoms with E-state index in [1.165, 1.54) is 12.8 Å². The van der Waals surface area contributed by atoms with Crippen molar-refractivity contribution in [2.24, 2.45) is 0 Å². The molecule has 1 aliphatic rings. The molecule has 0 saturated heterocycles. The predicted octanol–water partition coefficient (Wildman–Crippen LogP) is 0.986. The van der Waals surface area contributed by atoms with Gasteiger partial charge in [0.2, 0.25) is 0 Å². The van der Waals surface area contributed by atoms with Gasteiger partial charge >= 0.3 is 5.97 Å². The molecule has 0 amide bonds. The first-order valence-electron chi connectivity index (χ1n) is 5.61. The van der Waals surface area contributed by atoms with E-state index in [-0.39, 0.29) is 6.42 Å². The second kappa shape index (κ2) is 4.65. The highest BCUT2D eigenvalue weighted by Gasteiger charge is 2.19. The molecule has 1 atom stereocenters. The highest BCUT2D eigenvalue weighted by molar-refractivity contribution is 5.72. The molecule has 0 aliphatic heterocycles. The molecule has 88 valence electrons. The lowest BCUT2D eigenvalue weighted by molar-refractivity contribution is -0.146. The van der Waals surface area contributed by atoms with Crippen LogP contribution in [0.2, 0.25) is 0 Å². The smallest absolute Gasteiger partial charge is 0.332 e. The maximum atomic E-state index is 10.5. The van der Waals surface area contributed by atoms with Crippen molar-refractivity contribution in [1.29, 1.82) is 0 Å². The van der Waals surface area contributed by atoms with Crippen LogP contribution in [0, 0.1) is 0 Å². The standard InChI is InChI=1S/C11H16N2O3/c14-10(11(15)16)7-8-5-6-13(12-8)9-3-1-2-4-9/h5-6,9-10,14H,1-4,7H2,(H,15,16). The molecule has 1 aromatic rings. The lowest BCUT2D eigenvalue weighted by atomic mass is 10.2. The summed E-state index contributed by atoms with van der Waals surface area (Å²) in [5.41, 5.74) is 0.641. The zero-order valence-electron chi connectivity index (χ0n) is 9.04. The lowest BCUT2D eigenvalue weighted by Gasteiger charge is -2.09. The number of aliphatic carboxylic acids is 1. The second-order valence-electron chi connectivity index (χ2n) is 4.28. The Morgan fingerprint density at radius 1 is 1.56 bits per heavy atom. The van der Waals surface area contributed by atoms with Crippen molar-refractivity contribution in [3.05, 3.63) is 18.0 Å². The van der Waals surface area contributed by atoms with Gasteiger partial charge in [0.15, 0.2) is 6.10 Å². The Hall–Kier alpha value is -1.36. The summed E-state index contributed by atoms with van der Waals surface area (Å²) in [5.74, 6) is -1.20. The topological polar surface area (TPSA) is 75.3 Å². The first-order valence-corrected chi connectivity index (χ1v) is 5.61. The largest absolute Gasteiger partial charge is 0.479 e. The van der Waals surface area contributed by atoms with Crippen molar-refractivity contribution in [1.82, 2.24) is 9.78 Å². The number of hydrogen-bond acceptors (Lipinski definition) is 3. The zero-order valence-corrected chi connectivity index (χ0v) is 9.04. The van der Waals surface area contributed by atoms with Crippen LogP contribution in [0.1, 0.15) is 37.4 Å². The summed E-state index contributed by atoms with van der Waals surface area (Å²) in [6, 6.07) is 2.24. The summed E-state index contributed by atoms with van der Waals surface area (Å²) in [7, 11) is 0. The number of rotatable bonds is 4. The second-order valence-corrected chi connectivity index (χ2v) is 4.28. The van der Waals surface area contributed by atoms with Gasteiger partial charge in [-0.15, -0.1) is 0 Å². The van der Waals surface area contributed by atoms with Crippen molar-refractivity contribution >= 4 is 5.97 Å². The van der Waals surface area contributed by atoms with Crippen LogP contribution in [0.3, 0.4) is 0 Å². The number of carboxylic acids is 1. The molecular weight excluding hydrogens is 208 g/mol. The Kier molecular flexibility index (Phi) is 3.24.